The fourth-order valence-corrected chi connectivity index (χ4v) is 2.57. The second-order valence-corrected chi connectivity index (χ2v) is 5.31. The van der Waals surface area contributed by atoms with Gasteiger partial charge in [-0.1, -0.05) is 6.07 Å². The highest BCUT2D eigenvalue weighted by molar-refractivity contribution is 8.00. The van der Waals surface area contributed by atoms with Crippen LogP contribution < -0.4 is 10.6 Å². The molecule has 0 saturated carbocycles. The standard InChI is InChI=1S/C13H16N2O2S/c1-9(16)7-14-5-4-10-2-3-12-11(6-10)15-13(17)8-18-12/h2-3,6,14H,4-5,7-8H2,1H3,(H,15,17). The Kier molecular flexibility index (Phi) is 4.38. The van der Waals surface area contributed by atoms with Gasteiger partial charge >= 0.3 is 0 Å². The van der Waals surface area contributed by atoms with Crippen LogP contribution in [0.15, 0.2) is 23.1 Å². The van der Waals surface area contributed by atoms with E-state index in [-0.39, 0.29) is 11.7 Å². The Labute approximate surface area is 111 Å². The van der Waals surface area contributed by atoms with Gasteiger partial charge in [-0.25, -0.2) is 0 Å². The molecule has 18 heavy (non-hydrogen) atoms. The Bertz CT molecular complexity index is 474. The van der Waals surface area contributed by atoms with Gasteiger partial charge in [-0.15, -0.1) is 11.8 Å². The number of benzene rings is 1. The minimum Gasteiger partial charge on any atom is -0.324 e. The monoisotopic (exact) mass is 264 g/mol. The molecule has 0 unspecified atom stereocenters. The Morgan fingerprint density at radius 1 is 1.50 bits per heavy atom. The Balaban J connectivity index is 1.92. The minimum atomic E-state index is 0.0550. The van der Waals surface area contributed by atoms with Crippen LogP contribution >= 0.6 is 11.8 Å². The van der Waals surface area contributed by atoms with Gasteiger partial charge in [0, 0.05) is 4.90 Å². The summed E-state index contributed by atoms with van der Waals surface area (Å²) < 4.78 is 0. The van der Waals surface area contributed by atoms with Gasteiger partial charge < -0.3 is 10.6 Å². The lowest BCUT2D eigenvalue weighted by Gasteiger charge is -2.17. The predicted octanol–water partition coefficient (Wildman–Crippen LogP) is 1.45. The van der Waals surface area contributed by atoms with Crippen molar-refractivity contribution in [1.82, 2.24) is 5.32 Å². The molecule has 0 aromatic heterocycles. The largest absolute Gasteiger partial charge is 0.324 e. The molecule has 5 heteroatoms. The maximum atomic E-state index is 11.3. The first-order valence-electron chi connectivity index (χ1n) is 5.91. The van der Waals surface area contributed by atoms with Crippen LogP contribution in [0.4, 0.5) is 5.69 Å². The van der Waals surface area contributed by atoms with E-state index in [4.69, 9.17) is 0 Å². The summed E-state index contributed by atoms with van der Waals surface area (Å²) in [5.41, 5.74) is 2.06. The number of hydrogen-bond acceptors (Lipinski definition) is 4. The maximum Gasteiger partial charge on any atom is 0.234 e. The van der Waals surface area contributed by atoms with E-state index in [1.54, 1.807) is 18.7 Å². The SMILES string of the molecule is CC(=O)CNCCc1ccc2c(c1)NC(=O)CS2. The molecule has 1 aromatic carbocycles. The Hall–Kier alpha value is -1.33. The second-order valence-electron chi connectivity index (χ2n) is 4.30. The van der Waals surface area contributed by atoms with Crippen LogP contribution in [0.25, 0.3) is 0 Å². The molecule has 0 radical (unpaired) electrons. The number of hydrogen-bond donors (Lipinski definition) is 2. The highest BCUT2D eigenvalue weighted by Crippen LogP contribution is 2.31. The average Bonchev–Trinajstić information content (AvgIpc) is 2.34. The normalized spacial score (nSPS) is 13.9. The summed E-state index contributed by atoms with van der Waals surface area (Å²) in [4.78, 5) is 23.2. The fraction of sp³-hybridized carbons (Fsp3) is 0.385. The van der Waals surface area contributed by atoms with Crippen molar-refractivity contribution in [2.45, 2.75) is 18.2 Å². The molecule has 0 saturated heterocycles. The molecule has 4 nitrogen and oxygen atoms in total. The number of anilines is 1. The second kappa shape index (κ2) is 6.02. The number of fused-ring (bicyclic) bond motifs is 1. The Morgan fingerprint density at radius 2 is 2.33 bits per heavy atom. The molecule has 2 rings (SSSR count). The summed E-state index contributed by atoms with van der Waals surface area (Å²) in [5.74, 6) is 0.690. The van der Waals surface area contributed by atoms with Crippen molar-refractivity contribution >= 4 is 29.1 Å². The molecule has 96 valence electrons. The van der Waals surface area contributed by atoms with E-state index in [0.29, 0.717) is 12.3 Å². The smallest absolute Gasteiger partial charge is 0.234 e. The van der Waals surface area contributed by atoms with E-state index in [1.807, 2.05) is 12.1 Å². The lowest BCUT2D eigenvalue weighted by Crippen LogP contribution is -2.23. The third kappa shape index (κ3) is 3.58. The van der Waals surface area contributed by atoms with Crippen molar-refractivity contribution in [3.05, 3.63) is 23.8 Å². The van der Waals surface area contributed by atoms with E-state index in [1.165, 1.54) is 0 Å². The van der Waals surface area contributed by atoms with Gasteiger partial charge in [0.1, 0.15) is 5.78 Å². The van der Waals surface area contributed by atoms with E-state index >= 15 is 0 Å². The van der Waals surface area contributed by atoms with E-state index in [0.717, 1.165) is 29.1 Å². The topological polar surface area (TPSA) is 58.2 Å². The summed E-state index contributed by atoms with van der Waals surface area (Å²) in [5, 5.41) is 5.95. The van der Waals surface area contributed by atoms with Gasteiger partial charge in [0.15, 0.2) is 0 Å². The molecule has 0 aliphatic carbocycles. The number of Topliss-reactive ketones (excluding diaryl/α,β-unsaturated/α-hetero) is 1. The fourth-order valence-electron chi connectivity index (χ4n) is 1.78. The van der Waals surface area contributed by atoms with Crippen LogP contribution in [-0.2, 0) is 16.0 Å². The zero-order valence-corrected chi connectivity index (χ0v) is 11.1. The first kappa shape index (κ1) is 13.1. The van der Waals surface area contributed by atoms with Crippen molar-refractivity contribution in [3.8, 4) is 0 Å². The van der Waals surface area contributed by atoms with Crippen molar-refractivity contribution in [2.75, 3.05) is 24.2 Å². The predicted molar refractivity (Wildman–Crippen MR) is 73.1 cm³/mol. The average molecular weight is 264 g/mol. The highest BCUT2D eigenvalue weighted by atomic mass is 32.2. The van der Waals surface area contributed by atoms with E-state index < -0.39 is 0 Å². The quantitative estimate of drug-likeness (QED) is 0.790. The number of nitrogens with one attached hydrogen (secondary N) is 2. The summed E-state index contributed by atoms with van der Waals surface area (Å²) in [6.07, 6.45) is 0.848. The molecule has 0 fully saturated rings. The number of ketones is 1. The molecular weight excluding hydrogens is 248 g/mol. The van der Waals surface area contributed by atoms with Crippen LogP contribution in [0.3, 0.4) is 0 Å². The van der Waals surface area contributed by atoms with Gasteiger partial charge in [-0.3, -0.25) is 9.59 Å². The van der Waals surface area contributed by atoms with Crippen LogP contribution in [-0.4, -0.2) is 30.5 Å². The van der Waals surface area contributed by atoms with E-state index in [2.05, 4.69) is 16.7 Å². The van der Waals surface area contributed by atoms with Crippen molar-refractivity contribution in [3.63, 3.8) is 0 Å². The molecule has 2 N–H and O–H groups in total. The molecule has 0 bridgehead atoms. The summed E-state index contributed by atoms with van der Waals surface area (Å²) in [7, 11) is 0. The van der Waals surface area contributed by atoms with Gasteiger partial charge in [-0.2, -0.15) is 0 Å². The molecule has 1 aliphatic rings. The van der Waals surface area contributed by atoms with Gasteiger partial charge in [0.25, 0.3) is 0 Å². The van der Waals surface area contributed by atoms with E-state index in [9.17, 15) is 9.59 Å². The van der Waals surface area contributed by atoms with Crippen LogP contribution in [0.5, 0.6) is 0 Å². The molecule has 1 aliphatic heterocycles. The molecule has 1 heterocycles. The third-order valence-corrected chi connectivity index (χ3v) is 3.71. The zero-order chi connectivity index (χ0) is 13.0. The highest BCUT2D eigenvalue weighted by Gasteiger charge is 2.15. The maximum absolute atomic E-state index is 11.3. The Morgan fingerprint density at radius 3 is 3.11 bits per heavy atom. The summed E-state index contributed by atoms with van der Waals surface area (Å²) in [6, 6.07) is 6.12. The van der Waals surface area contributed by atoms with Gasteiger partial charge in [-0.05, 0) is 37.6 Å². The van der Waals surface area contributed by atoms with Crippen LogP contribution in [0.2, 0.25) is 0 Å². The number of rotatable bonds is 5. The van der Waals surface area contributed by atoms with Crippen LogP contribution in [0, 0.1) is 0 Å². The van der Waals surface area contributed by atoms with Crippen molar-refractivity contribution < 1.29 is 9.59 Å². The first-order chi connectivity index (χ1) is 8.65. The summed E-state index contributed by atoms with van der Waals surface area (Å²) in [6.45, 7) is 2.75. The van der Waals surface area contributed by atoms with Crippen LogP contribution in [0.1, 0.15) is 12.5 Å². The number of amides is 1. The molecule has 0 spiro atoms. The molecule has 1 amide bonds. The lowest BCUT2D eigenvalue weighted by atomic mass is 10.1. The summed E-state index contributed by atoms with van der Waals surface area (Å²) >= 11 is 1.57. The minimum absolute atomic E-state index is 0.0550. The number of thioether (sulfide) groups is 1. The zero-order valence-electron chi connectivity index (χ0n) is 10.3. The van der Waals surface area contributed by atoms with Crippen molar-refractivity contribution in [1.29, 1.82) is 0 Å². The van der Waals surface area contributed by atoms with Gasteiger partial charge in [0.05, 0.1) is 18.0 Å². The molecular formula is C13H16N2O2S. The molecule has 0 atom stereocenters. The number of carbonyl (C=O) groups excluding carboxylic acids is 2. The molecule has 1 aromatic rings. The first-order valence-corrected chi connectivity index (χ1v) is 6.89. The van der Waals surface area contributed by atoms with Crippen molar-refractivity contribution in [2.24, 2.45) is 0 Å². The third-order valence-electron chi connectivity index (χ3n) is 2.64. The van der Waals surface area contributed by atoms with Gasteiger partial charge in [0.2, 0.25) is 5.91 Å². The lowest BCUT2D eigenvalue weighted by molar-refractivity contribution is -0.116. The number of carbonyl (C=O) groups is 2.